The highest BCUT2D eigenvalue weighted by Crippen LogP contribution is 2.39. The number of likely N-dealkylation sites (tertiary alicyclic amines) is 1. The summed E-state index contributed by atoms with van der Waals surface area (Å²) in [5, 5.41) is 4.82. The van der Waals surface area contributed by atoms with Crippen LogP contribution in [-0.4, -0.2) is 146 Å². The van der Waals surface area contributed by atoms with Crippen LogP contribution in [0, 0.1) is 5.92 Å². The molecular weight excluding hydrogens is 779 g/mol. The van der Waals surface area contributed by atoms with Gasteiger partial charge in [0.2, 0.25) is 11.8 Å². The number of aromatic amines is 2. The van der Waals surface area contributed by atoms with Gasteiger partial charge in [-0.05, 0) is 81.3 Å². The quantitative estimate of drug-likeness (QED) is 0.100. The molecule has 3 amide bonds. The van der Waals surface area contributed by atoms with Crippen LogP contribution in [0.15, 0.2) is 60.8 Å². The summed E-state index contributed by atoms with van der Waals surface area (Å²) >= 11 is 0. The lowest BCUT2D eigenvalue weighted by molar-refractivity contribution is -0.147. The largest absolute Gasteiger partial charge is 0.469 e. The van der Waals surface area contributed by atoms with Crippen LogP contribution in [0.25, 0.3) is 44.2 Å². The number of aromatic nitrogens is 4. The van der Waals surface area contributed by atoms with Crippen molar-refractivity contribution in [2.75, 3.05) is 68.2 Å². The molecule has 3 N–H and O–H groups in total. The Hall–Kier alpha value is -5.58. The molecule has 0 bridgehead atoms. The topological polar surface area (TPSA) is 169 Å². The molecule has 0 radical (unpaired) electrons. The van der Waals surface area contributed by atoms with Gasteiger partial charge < -0.3 is 44.4 Å². The second-order valence-electron chi connectivity index (χ2n) is 17.5. The van der Waals surface area contributed by atoms with Crippen LogP contribution < -0.4 is 5.32 Å². The molecular formula is C44H57N9O6Si. The van der Waals surface area contributed by atoms with Crippen LogP contribution >= 0.6 is 0 Å². The first-order valence-corrected chi connectivity index (χ1v) is 24.0. The van der Waals surface area contributed by atoms with Gasteiger partial charge in [-0.3, -0.25) is 14.4 Å². The Bertz CT molecular complexity index is 2370. The Morgan fingerprint density at radius 1 is 0.850 bits per heavy atom. The van der Waals surface area contributed by atoms with Crippen LogP contribution in [0.5, 0.6) is 0 Å². The summed E-state index contributed by atoms with van der Waals surface area (Å²) in [6, 6.07) is 18.6. The Morgan fingerprint density at radius 3 is 2.27 bits per heavy atom. The minimum absolute atomic E-state index is 0.0400. The maximum Gasteiger partial charge on any atom is 0.407 e. The number of ether oxygens (including phenoxy) is 2. The molecule has 0 saturated carbocycles. The van der Waals surface area contributed by atoms with E-state index < -0.39 is 32.1 Å². The third kappa shape index (κ3) is 9.10. The molecule has 7 rings (SSSR count). The van der Waals surface area contributed by atoms with Crippen molar-refractivity contribution in [2.45, 2.75) is 56.5 Å². The van der Waals surface area contributed by atoms with Crippen molar-refractivity contribution in [3.63, 3.8) is 0 Å². The molecule has 2 aromatic heterocycles. The molecule has 2 aliphatic rings. The van der Waals surface area contributed by atoms with E-state index in [0.717, 1.165) is 74.7 Å². The van der Waals surface area contributed by atoms with E-state index in [1.807, 2.05) is 54.0 Å². The summed E-state index contributed by atoms with van der Waals surface area (Å²) in [7, 11) is 8.39. The van der Waals surface area contributed by atoms with Crippen LogP contribution in [-0.2, 0) is 23.9 Å². The van der Waals surface area contributed by atoms with Gasteiger partial charge in [-0.2, -0.15) is 0 Å². The van der Waals surface area contributed by atoms with Crippen LogP contribution in [0.4, 0.5) is 4.79 Å². The van der Waals surface area contributed by atoms with Crippen LogP contribution in [0.2, 0.25) is 19.1 Å². The predicted molar refractivity (Wildman–Crippen MR) is 234 cm³/mol. The molecule has 0 aliphatic carbocycles. The Balaban J connectivity index is 1.08. The highest BCUT2D eigenvalue weighted by molar-refractivity contribution is 6.78. The molecule has 4 heterocycles. The summed E-state index contributed by atoms with van der Waals surface area (Å²) in [6.07, 6.45) is 3.56. The van der Waals surface area contributed by atoms with Gasteiger partial charge in [-0.25, -0.2) is 14.8 Å². The van der Waals surface area contributed by atoms with Gasteiger partial charge >= 0.3 is 12.1 Å². The summed E-state index contributed by atoms with van der Waals surface area (Å²) in [4.78, 5) is 76.6. The molecule has 15 nitrogen and oxygen atoms in total. The number of carbonyl (C=O) groups excluding carboxylic acids is 4. The molecule has 16 heteroatoms. The molecule has 0 spiro atoms. The zero-order valence-corrected chi connectivity index (χ0v) is 36.9. The van der Waals surface area contributed by atoms with Gasteiger partial charge in [-0.15, -0.1) is 0 Å². The number of imidazole rings is 2. The number of alkyl carbamates (subject to hydrolysis) is 1. The number of fused-ring (bicyclic) bond motifs is 3. The number of hydrogen-bond acceptors (Lipinski definition) is 10. The average Bonchev–Trinajstić information content (AvgIpc) is 4.04. The fraction of sp³-hybridized carbons (Fsp3) is 0.455. The van der Waals surface area contributed by atoms with Gasteiger partial charge in [0.05, 0.1) is 69.6 Å². The predicted octanol–water partition coefficient (Wildman–Crippen LogP) is 5.59. The van der Waals surface area contributed by atoms with E-state index in [1.54, 1.807) is 0 Å². The zero-order chi connectivity index (χ0) is 42.9. The zero-order valence-electron chi connectivity index (χ0n) is 35.9. The molecule has 3 aromatic carbocycles. The maximum absolute atomic E-state index is 14.1. The first-order valence-electron chi connectivity index (χ1n) is 20.5. The fourth-order valence-corrected chi connectivity index (χ4v) is 11.7. The third-order valence-electron chi connectivity index (χ3n) is 11.7. The lowest BCUT2D eigenvalue weighted by atomic mass is 9.99. The smallest absolute Gasteiger partial charge is 0.407 e. The standard InChI is InChI=1S/C44H57N9O6Si/c1-50(2)23-31(21-38(54)58-5)42(55)52-19-9-10-36(52)40-45-22-34(47-40)28-13-11-27(12-14-28)29-15-17-32-30(20-29)16-18-33-39(32)49-41(46-33)37-25-60(7,8)26-53(37)43(56)35(24-51(3)4)48-44(57)59-6/h11-18,20,22,31,35-37H,9-10,19,21,23-26H2,1-8H3,(H,45,47)(H,46,49)(H,48,57)/t31-,35-,36-,37-/m0/s1. The van der Waals surface area contributed by atoms with E-state index in [9.17, 15) is 19.2 Å². The minimum atomic E-state index is -1.79. The Labute approximate surface area is 351 Å². The number of hydrogen-bond donors (Lipinski definition) is 3. The summed E-state index contributed by atoms with van der Waals surface area (Å²) in [6.45, 7) is 5.99. The van der Waals surface area contributed by atoms with E-state index in [-0.39, 0.29) is 30.3 Å². The lowest BCUT2D eigenvalue weighted by Gasteiger charge is -2.30. The van der Waals surface area contributed by atoms with Crippen molar-refractivity contribution in [3.8, 4) is 22.4 Å². The van der Waals surface area contributed by atoms with E-state index in [2.05, 4.69) is 83.0 Å². The summed E-state index contributed by atoms with van der Waals surface area (Å²) < 4.78 is 9.74. The van der Waals surface area contributed by atoms with Crippen molar-refractivity contribution in [3.05, 3.63) is 72.4 Å². The fourth-order valence-electron chi connectivity index (χ4n) is 8.86. The normalized spacial score (nSPS) is 18.7. The van der Waals surface area contributed by atoms with Gasteiger partial charge in [0, 0.05) is 31.2 Å². The number of benzene rings is 3. The Kier molecular flexibility index (Phi) is 12.5. The van der Waals surface area contributed by atoms with Gasteiger partial charge in [0.1, 0.15) is 17.7 Å². The second kappa shape index (κ2) is 17.6. The van der Waals surface area contributed by atoms with Crippen molar-refractivity contribution >= 4 is 53.8 Å². The number of nitrogens with one attached hydrogen (secondary N) is 3. The third-order valence-corrected chi connectivity index (χ3v) is 14.4. The number of H-pyrrole nitrogens is 2. The SMILES string of the molecule is COC(=O)C[C@@H](CN(C)C)C(=O)N1CCC[C@H]1c1ncc(-c2ccc(-c3ccc4c(ccc5[nH]c([C@@H]6C[Si](C)(C)CN6C(=O)[C@H](CN(C)C)NC(=O)OC)nc54)c3)cc2)[nH]1. The highest BCUT2D eigenvalue weighted by atomic mass is 28.3. The van der Waals surface area contributed by atoms with Crippen molar-refractivity contribution in [2.24, 2.45) is 5.92 Å². The Morgan fingerprint density at radius 2 is 1.57 bits per heavy atom. The molecule has 60 heavy (non-hydrogen) atoms. The maximum atomic E-state index is 14.1. The lowest BCUT2D eigenvalue weighted by Crippen LogP contribution is -2.53. The summed E-state index contributed by atoms with van der Waals surface area (Å²) in [5.74, 6) is 0.421. The van der Waals surface area contributed by atoms with Gasteiger partial charge in [0.15, 0.2) is 0 Å². The number of amides is 3. The van der Waals surface area contributed by atoms with Gasteiger partial charge in [0.25, 0.3) is 0 Å². The average molecular weight is 836 g/mol. The molecule has 2 fully saturated rings. The van der Waals surface area contributed by atoms with E-state index in [4.69, 9.17) is 19.4 Å². The number of methoxy groups -OCH3 is 2. The monoisotopic (exact) mass is 835 g/mol. The molecule has 2 saturated heterocycles. The van der Waals surface area contributed by atoms with Crippen molar-refractivity contribution in [1.29, 1.82) is 0 Å². The van der Waals surface area contributed by atoms with E-state index in [1.165, 1.54) is 14.2 Å². The van der Waals surface area contributed by atoms with Gasteiger partial charge in [-0.1, -0.05) is 55.6 Å². The number of rotatable bonds is 13. The summed E-state index contributed by atoms with van der Waals surface area (Å²) in [5.41, 5.74) is 5.75. The second-order valence-corrected chi connectivity index (χ2v) is 22.6. The van der Waals surface area contributed by atoms with Crippen molar-refractivity contribution in [1.82, 2.24) is 44.9 Å². The molecule has 2 aliphatic heterocycles. The highest BCUT2D eigenvalue weighted by Gasteiger charge is 2.45. The van der Waals surface area contributed by atoms with Crippen LogP contribution in [0.3, 0.4) is 0 Å². The van der Waals surface area contributed by atoms with E-state index >= 15 is 0 Å². The molecule has 4 atom stereocenters. The van der Waals surface area contributed by atoms with E-state index in [0.29, 0.717) is 25.8 Å². The molecule has 5 aromatic rings. The minimum Gasteiger partial charge on any atom is -0.469 e. The molecule has 0 unspecified atom stereocenters. The number of carbonyl (C=O) groups is 4. The molecule has 318 valence electrons. The van der Waals surface area contributed by atoms with Crippen LogP contribution in [0.1, 0.15) is 43.0 Å². The first kappa shape index (κ1) is 42.5. The number of nitrogens with zero attached hydrogens (tertiary/aromatic N) is 6. The number of likely N-dealkylation sites (N-methyl/N-ethyl adjacent to an activating group) is 1. The number of esters is 1. The van der Waals surface area contributed by atoms with Crippen molar-refractivity contribution < 1.29 is 28.7 Å². The first-order chi connectivity index (χ1) is 28.6.